The van der Waals surface area contributed by atoms with Gasteiger partial charge in [-0.2, -0.15) is 0 Å². The van der Waals surface area contributed by atoms with Gasteiger partial charge in [-0.3, -0.25) is 4.79 Å². The number of hydrogen-bond acceptors (Lipinski definition) is 5. The smallest absolute Gasteiger partial charge is 0.315 e. The number of sulfone groups is 1. The molecule has 1 aliphatic heterocycles. The van der Waals surface area contributed by atoms with Gasteiger partial charge in [-0.05, 0) is 24.1 Å². The second kappa shape index (κ2) is 8.00. The molecule has 1 aromatic rings. The van der Waals surface area contributed by atoms with E-state index in [9.17, 15) is 18.0 Å². The fourth-order valence-electron chi connectivity index (χ4n) is 2.31. The third-order valence-corrected chi connectivity index (χ3v) is 5.39. The Morgan fingerprint density at radius 2 is 1.92 bits per heavy atom. The van der Waals surface area contributed by atoms with Crippen LogP contribution in [0.2, 0.25) is 0 Å². The average Bonchev–Trinajstić information content (AvgIpc) is 2.90. The van der Waals surface area contributed by atoms with Crippen molar-refractivity contribution in [2.45, 2.75) is 19.0 Å². The molecule has 0 saturated carbocycles. The molecule has 0 bridgehead atoms. The molecule has 0 spiro atoms. The van der Waals surface area contributed by atoms with Crippen LogP contribution in [0.4, 0.5) is 4.79 Å². The first-order chi connectivity index (χ1) is 11.4. The van der Waals surface area contributed by atoms with Gasteiger partial charge in [0.2, 0.25) is 5.91 Å². The van der Waals surface area contributed by atoms with Crippen LogP contribution in [-0.4, -0.2) is 51.6 Å². The van der Waals surface area contributed by atoms with E-state index in [0.29, 0.717) is 13.0 Å². The highest BCUT2D eigenvalue weighted by molar-refractivity contribution is 7.91. The van der Waals surface area contributed by atoms with Gasteiger partial charge in [0.15, 0.2) is 9.84 Å². The Labute approximate surface area is 140 Å². The molecular weight excluding hydrogens is 334 g/mol. The lowest BCUT2D eigenvalue weighted by Crippen LogP contribution is -2.46. The van der Waals surface area contributed by atoms with Gasteiger partial charge >= 0.3 is 6.03 Å². The molecule has 132 valence electrons. The Kier molecular flexibility index (Phi) is 6.02. The van der Waals surface area contributed by atoms with Gasteiger partial charge in [0.05, 0.1) is 25.2 Å². The number of hydrogen-bond donors (Lipinski definition) is 3. The van der Waals surface area contributed by atoms with Gasteiger partial charge in [0.25, 0.3) is 0 Å². The van der Waals surface area contributed by atoms with E-state index in [4.69, 9.17) is 4.74 Å². The Hall–Kier alpha value is -2.29. The van der Waals surface area contributed by atoms with Crippen molar-refractivity contribution in [3.63, 3.8) is 0 Å². The molecule has 24 heavy (non-hydrogen) atoms. The average molecular weight is 355 g/mol. The maximum Gasteiger partial charge on any atom is 0.315 e. The minimum absolute atomic E-state index is 0.0515. The van der Waals surface area contributed by atoms with Crippen molar-refractivity contribution in [1.29, 1.82) is 0 Å². The third-order valence-electron chi connectivity index (χ3n) is 3.63. The number of benzene rings is 1. The standard InChI is InChI=1S/C15H21N3O5S/c1-23-13-4-2-11(3-5-13)8-16-14(19)9-17-15(20)18-12-6-7-24(21,22)10-12/h2-5,12H,6-10H2,1H3,(H,16,19)(H2,17,18,20). The van der Waals surface area contributed by atoms with Crippen molar-refractivity contribution in [2.75, 3.05) is 25.2 Å². The molecule has 3 amide bonds. The monoisotopic (exact) mass is 355 g/mol. The molecule has 1 saturated heterocycles. The predicted molar refractivity (Wildman–Crippen MR) is 88.4 cm³/mol. The topological polar surface area (TPSA) is 114 Å². The number of methoxy groups -OCH3 is 1. The summed E-state index contributed by atoms with van der Waals surface area (Å²) in [4.78, 5) is 23.4. The molecule has 1 aliphatic rings. The van der Waals surface area contributed by atoms with Crippen molar-refractivity contribution >= 4 is 21.8 Å². The number of amides is 3. The molecule has 3 N–H and O–H groups in total. The normalized spacial score (nSPS) is 18.6. The Bertz CT molecular complexity index is 688. The summed E-state index contributed by atoms with van der Waals surface area (Å²) in [6.07, 6.45) is 0.402. The predicted octanol–water partition coefficient (Wildman–Crippen LogP) is -0.202. The highest BCUT2D eigenvalue weighted by atomic mass is 32.2. The lowest BCUT2D eigenvalue weighted by molar-refractivity contribution is -0.120. The van der Waals surface area contributed by atoms with E-state index in [0.717, 1.165) is 11.3 Å². The van der Waals surface area contributed by atoms with E-state index in [1.807, 2.05) is 12.1 Å². The molecule has 1 fully saturated rings. The third kappa shape index (κ3) is 5.73. The van der Waals surface area contributed by atoms with Crippen molar-refractivity contribution < 1.29 is 22.7 Å². The quantitative estimate of drug-likeness (QED) is 0.654. The van der Waals surface area contributed by atoms with E-state index < -0.39 is 21.9 Å². The Balaban J connectivity index is 1.66. The van der Waals surface area contributed by atoms with Crippen LogP contribution in [0.5, 0.6) is 5.75 Å². The van der Waals surface area contributed by atoms with Crippen LogP contribution in [0.1, 0.15) is 12.0 Å². The summed E-state index contributed by atoms with van der Waals surface area (Å²) in [6.45, 7) is 0.161. The van der Waals surface area contributed by atoms with E-state index in [1.54, 1.807) is 19.2 Å². The molecule has 0 aromatic heterocycles. The number of urea groups is 1. The van der Waals surface area contributed by atoms with Gasteiger partial charge in [0, 0.05) is 12.6 Å². The number of nitrogens with one attached hydrogen (secondary N) is 3. The highest BCUT2D eigenvalue weighted by Gasteiger charge is 2.28. The fraction of sp³-hybridized carbons (Fsp3) is 0.467. The van der Waals surface area contributed by atoms with Crippen molar-refractivity contribution in [1.82, 2.24) is 16.0 Å². The Morgan fingerprint density at radius 1 is 1.21 bits per heavy atom. The van der Waals surface area contributed by atoms with Gasteiger partial charge in [-0.1, -0.05) is 12.1 Å². The van der Waals surface area contributed by atoms with Crippen LogP contribution < -0.4 is 20.7 Å². The summed E-state index contributed by atoms with van der Waals surface area (Å²) in [5, 5.41) is 7.65. The summed E-state index contributed by atoms with van der Waals surface area (Å²) in [6, 6.07) is 6.32. The molecule has 9 heteroatoms. The van der Waals surface area contributed by atoms with Crippen LogP contribution in [0.3, 0.4) is 0 Å². The highest BCUT2D eigenvalue weighted by Crippen LogP contribution is 2.11. The zero-order valence-corrected chi connectivity index (χ0v) is 14.2. The number of ether oxygens (including phenoxy) is 1. The molecule has 2 rings (SSSR count). The second-order valence-corrected chi connectivity index (χ2v) is 7.78. The van der Waals surface area contributed by atoms with E-state index in [2.05, 4.69) is 16.0 Å². The van der Waals surface area contributed by atoms with Gasteiger partial charge in [-0.15, -0.1) is 0 Å². The largest absolute Gasteiger partial charge is 0.497 e. The maximum atomic E-state index is 11.7. The molecular formula is C15H21N3O5S. The summed E-state index contributed by atoms with van der Waals surface area (Å²) in [5.41, 5.74) is 0.907. The minimum atomic E-state index is -3.05. The summed E-state index contributed by atoms with van der Waals surface area (Å²) in [5.74, 6) is 0.432. The second-order valence-electron chi connectivity index (χ2n) is 5.55. The summed E-state index contributed by atoms with van der Waals surface area (Å²) in [7, 11) is -1.47. The summed E-state index contributed by atoms with van der Waals surface area (Å²) < 4.78 is 27.7. The molecule has 0 radical (unpaired) electrons. The van der Waals surface area contributed by atoms with Crippen LogP contribution >= 0.6 is 0 Å². The molecule has 1 heterocycles. The molecule has 1 aromatic carbocycles. The van der Waals surface area contributed by atoms with Gasteiger partial charge < -0.3 is 20.7 Å². The van der Waals surface area contributed by atoms with Crippen LogP contribution in [0.25, 0.3) is 0 Å². The zero-order valence-electron chi connectivity index (χ0n) is 13.4. The first-order valence-electron chi connectivity index (χ1n) is 7.52. The van der Waals surface area contributed by atoms with Crippen molar-refractivity contribution in [2.24, 2.45) is 0 Å². The zero-order chi connectivity index (χ0) is 17.6. The first kappa shape index (κ1) is 18.1. The fourth-order valence-corrected chi connectivity index (χ4v) is 3.99. The van der Waals surface area contributed by atoms with Gasteiger partial charge in [0.1, 0.15) is 5.75 Å². The van der Waals surface area contributed by atoms with Crippen LogP contribution in [0, 0.1) is 0 Å². The first-order valence-corrected chi connectivity index (χ1v) is 9.34. The van der Waals surface area contributed by atoms with Crippen molar-refractivity contribution in [3.8, 4) is 5.75 Å². The van der Waals surface area contributed by atoms with Crippen molar-refractivity contribution in [3.05, 3.63) is 29.8 Å². The molecule has 8 nitrogen and oxygen atoms in total. The molecule has 1 atom stereocenters. The minimum Gasteiger partial charge on any atom is -0.497 e. The van der Waals surface area contributed by atoms with Gasteiger partial charge in [-0.25, -0.2) is 13.2 Å². The lowest BCUT2D eigenvalue weighted by Gasteiger charge is -2.12. The number of rotatable bonds is 6. The van der Waals surface area contributed by atoms with Crippen LogP contribution in [0.15, 0.2) is 24.3 Å². The Morgan fingerprint density at radius 3 is 2.50 bits per heavy atom. The number of carbonyl (C=O) groups excluding carboxylic acids is 2. The molecule has 1 unspecified atom stereocenters. The van der Waals surface area contributed by atoms with E-state index in [1.165, 1.54) is 0 Å². The van der Waals surface area contributed by atoms with E-state index in [-0.39, 0.29) is 24.0 Å². The SMILES string of the molecule is COc1ccc(CNC(=O)CNC(=O)NC2CCS(=O)(=O)C2)cc1. The number of carbonyl (C=O) groups is 2. The maximum absolute atomic E-state index is 11.7. The molecule has 0 aliphatic carbocycles. The van der Waals surface area contributed by atoms with Crippen LogP contribution in [-0.2, 0) is 21.2 Å². The summed E-state index contributed by atoms with van der Waals surface area (Å²) >= 11 is 0. The lowest BCUT2D eigenvalue weighted by atomic mass is 10.2. The van der Waals surface area contributed by atoms with E-state index >= 15 is 0 Å².